The van der Waals surface area contributed by atoms with Crippen molar-refractivity contribution in [2.45, 2.75) is 6.92 Å². The highest BCUT2D eigenvalue weighted by Crippen LogP contribution is 2.33. The van der Waals surface area contributed by atoms with E-state index in [9.17, 15) is 10.1 Å². The molecule has 0 aliphatic heterocycles. The Balaban J connectivity index is 2.11. The first-order valence-electron chi connectivity index (χ1n) is 7.07. The molecule has 23 heavy (non-hydrogen) atoms. The maximum absolute atomic E-state index is 11.2. The van der Waals surface area contributed by atoms with Crippen LogP contribution in [0.25, 0.3) is 16.9 Å². The molecule has 2 heterocycles. The van der Waals surface area contributed by atoms with Crippen molar-refractivity contribution in [1.29, 1.82) is 0 Å². The lowest BCUT2D eigenvalue weighted by atomic mass is 10.1. The number of methoxy groups -OCH3 is 1. The average molecular weight is 313 g/mol. The molecule has 0 spiro atoms. The van der Waals surface area contributed by atoms with Crippen molar-refractivity contribution in [3.05, 3.63) is 52.8 Å². The number of pyridine rings is 1. The summed E-state index contributed by atoms with van der Waals surface area (Å²) < 4.78 is 12.4. The maximum Gasteiger partial charge on any atom is 0.311 e. The number of aromatic nitrogens is 2. The van der Waals surface area contributed by atoms with Gasteiger partial charge in [-0.2, -0.15) is 0 Å². The molecule has 0 bridgehead atoms. The number of imidazole rings is 1. The molecule has 0 aliphatic rings. The Morgan fingerprint density at radius 1 is 1.30 bits per heavy atom. The third kappa shape index (κ3) is 2.68. The molecule has 2 aromatic heterocycles. The predicted octanol–water partition coefficient (Wildman–Crippen LogP) is 3.32. The van der Waals surface area contributed by atoms with Crippen LogP contribution >= 0.6 is 0 Å². The van der Waals surface area contributed by atoms with Crippen molar-refractivity contribution in [1.82, 2.24) is 9.38 Å². The second kappa shape index (κ2) is 5.96. The predicted molar refractivity (Wildman–Crippen MR) is 85.0 cm³/mol. The summed E-state index contributed by atoms with van der Waals surface area (Å²) in [5.41, 5.74) is 1.85. The first-order valence-corrected chi connectivity index (χ1v) is 7.07. The topological polar surface area (TPSA) is 78.9 Å². The molecule has 3 aromatic rings. The minimum atomic E-state index is -0.453. The lowest BCUT2D eigenvalue weighted by Gasteiger charge is -2.05. The van der Waals surface area contributed by atoms with E-state index in [1.165, 1.54) is 6.07 Å². The number of rotatable bonds is 5. The zero-order chi connectivity index (χ0) is 16.4. The summed E-state index contributed by atoms with van der Waals surface area (Å²) >= 11 is 0. The lowest BCUT2D eigenvalue weighted by Crippen LogP contribution is -1.97. The van der Waals surface area contributed by atoms with Crippen LogP contribution in [0.3, 0.4) is 0 Å². The van der Waals surface area contributed by atoms with Crippen molar-refractivity contribution in [3.63, 3.8) is 0 Å². The van der Waals surface area contributed by atoms with E-state index in [0.717, 1.165) is 0 Å². The summed E-state index contributed by atoms with van der Waals surface area (Å²) in [5, 5.41) is 11.2. The third-order valence-electron chi connectivity index (χ3n) is 3.42. The van der Waals surface area contributed by atoms with Crippen molar-refractivity contribution in [2.24, 2.45) is 0 Å². The number of hydrogen-bond donors (Lipinski definition) is 0. The fourth-order valence-corrected chi connectivity index (χ4v) is 2.38. The summed E-state index contributed by atoms with van der Waals surface area (Å²) in [5.74, 6) is 0.891. The summed E-state index contributed by atoms with van der Waals surface area (Å²) in [6.07, 6.45) is 3.65. The van der Waals surface area contributed by atoms with Crippen LogP contribution in [0.4, 0.5) is 5.69 Å². The van der Waals surface area contributed by atoms with E-state index in [-0.39, 0.29) is 11.4 Å². The van der Waals surface area contributed by atoms with Crippen LogP contribution in [0.5, 0.6) is 11.5 Å². The molecule has 118 valence electrons. The van der Waals surface area contributed by atoms with Crippen LogP contribution in [0.15, 0.2) is 42.7 Å². The Bertz CT molecular complexity index is 873. The Hall–Kier alpha value is -3.09. The Labute approximate surface area is 132 Å². The average Bonchev–Trinajstić information content (AvgIpc) is 2.99. The van der Waals surface area contributed by atoms with Crippen LogP contribution in [0.1, 0.15) is 6.92 Å². The molecular weight excluding hydrogens is 298 g/mol. The molecule has 3 rings (SSSR count). The lowest BCUT2D eigenvalue weighted by molar-refractivity contribution is -0.385. The van der Waals surface area contributed by atoms with Crippen molar-refractivity contribution in [3.8, 4) is 22.8 Å². The number of nitro groups is 1. The van der Waals surface area contributed by atoms with Crippen LogP contribution in [-0.4, -0.2) is 28.0 Å². The highest BCUT2D eigenvalue weighted by molar-refractivity contribution is 5.69. The van der Waals surface area contributed by atoms with Crippen molar-refractivity contribution < 1.29 is 14.4 Å². The van der Waals surface area contributed by atoms with Gasteiger partial charge in [0.1, 0.15) is 0 Å². The van der Waals surface area contributed by atoms with E-state index < -0.39 is 4.92 Å². The Morgan fingerprint density at radius 3 is 2.83 bits per heavy atom. The zero-order valence-electron chi connectivity index (χ0n) is 12.7. The van der Waals surface area contributed by atoms with Gasteiger partial charge in [0.15, 0.2) is 17.1 Å². The van der Waals surface area contributed by atoms with Gasteiger partial charge in [0.2, 0.25) is 0 Å². The largest absolute Gasteiger partial charge is 0.493 e. The van der Waals surface area contributed by atoms with Crippen LogP contribution in [-0.2, 0) is 0 Å². The van der Waals surface area contributed by atoms with Gasteiger partial charge in [0.05, 0.1) is 24.3 Å². The smallest absolute Gasteiger partial charge is 0.311 e. The number of ether oxygens (including phenoxy) is 2. The van der Waals surface area contributed by atoms with E-state index in [1.54, 1.807) is 32.4 Å². The second-order valence-electron chi connectivity index (χ2n) is 4.81. The fourth-order valence-electron chi connectivity index (χ4n) is 2.38. The highest BCUT2D eigenvalue weighted by Gasteiger charge is 2.18. The van der Waals surface area contributed by atoms with E-state index >= 15 is 0 Å². The van der Waals surface area contributed by atoms with Crippen molar-refractivity contribution in [2.75, 3.05) is 13.7 Å². The van der Waals surface area contributed by atoms with E-state index in [1.807, 2.05) is 22.7 Å². The minimum Gasteiger partial charge on any atom is -0.493 e. The summed E-state index contributed by atoms with van der Waals surface area (Å²) in [6.45, 7) is 2.15. The molecule has 7 nitrogen and oxygen atoms in total. The first-order chi connectivity index (χ1) is 11.1. The molecule has 0 unspecified atom stereocenters. The molecule has 0 saturated carbocycles. The fraction of sp³-hybridized carbons (Fsp3) is 0.188. The molecule has 0 N–H and O–H groups in total. The van der Waals surface area contributed by atoms with Gasteiger partial charge in [-0.3, -0.25) is 10.1 Å². The molecule has 7 heteroatoms. The van der Waals surface area contributed by atoms with Gasteiger partial charge in [-0.1, -0.05) is 0 Å². The number of hydrogen-bond acceptors (Lipinski definition) is 5. The number of nitro benzene ring substituents is 1. The van der Waals surface area contributed by atoms with Gasteiger partial charge in [-0.25, -0.2) is 4.98 Å². The molecule has 0 aliphatic carbocycles. The highest BCUT2D eigenvalue weighted by atomic mass is 16.6. The van der Waals surface area contributed by atoms with E-state index in [2.05, 4.69) is 4.98 Å². The quantitative estimate of drug-likeness (QED) is 0.533. The number of nitrogens with zero attached hydrogens (tertiary/aromatic N) is 3. The number of benzene rings is 1. The zero-order valence-corrected chi connectivity index (χ0v) is 12.7. The molecule has 0 fully saturated rings. The summed E-state index contributed by atoms with van der Waals surface area (Å²) in [7, 11) is 1.57. The van der Waals surface area contributed by atoms with Crippen LogP contribution < -0.4 is 9.47 Å². The number of fused-ring (bicyclic) bond motifs is 1. The van der Waals surface area contributed by atoms with Gasteiger partial charge < -0.3 is 13.9 Å². The first kappa shape index (κ1) is 14.8. The van der Waals surface area contributed by atoms with E-state index in [0.29, 0.717) is 29.3 Å². The molecule has 0 atom stereocenters. The molecular formula is C16H15N3O4. The summed E-state index contributed by atoms with van der Waals surface area (Å²) in [4.78, 5) is 15.3. The van der Waals surface area contributed by atoms with Crippen LogP contribution in [0.2, 0.25) is 0 Å². The van der Waals surface area contributed by atoms with Gasteiger partial charge >= 0.3 is 5.69 Å². The Kier molecular flexibility index (Phi) is 3.84. The molecule has 0 radical (unpaired) electrons. The SMILES string of the molecule is CCOc1ccc(-c2cn3cccc(OC)c3n2)cc1[N+](=O)[O-]. The van der Waals surface area contributed by atoms with Crippen LogP contribution in [0, 0.1) is 10.1 Å². The molecule has 0 saturated heterocycles. The molecule has 1 aromatic carbocycles. The van der Waals surface area contributed by atoms with Gasteiger partial charge in [-0.15, -0.1) is 0 Å². The third-order valence-corrected chi connectivity index (χ3v) is 3.42. The Morgan fingerprint density at radius 2 is 2.13 bits per heavy atom. The standard InChI is InChI=1S/C16H15N3O4/c1-3-23-14-7-6-11(9-13(14)19(20)21)12-10-18-8-4-5-15(22-2)16(18)17-12/h4-10H,3H2,1-2H3. The second-order valence-corrected chi connectivity index (χ2v) is 4.81. The minimum absolute atomic E-state index is 0.0756. The normalized spacial score (nSPS) is 10.7. The van der Waals surface area contributed by atoms with Gasteiger partial charge in [-0.05, 0) is 31.2 Å². The molecule has 0 amide bonds. The van der Waals surface area contributed by atoms with Gasteiger partial charge in [0.25, 0.3) is 0 Å². The monoisotopic (exact) mass is 313 g/mol. The van der Waals surface area contributed by atoms with Crippen molar-refractivity contribution >= 4 is 11.3 Å². The van der Waals surface area contributed by atoms with Gasteiger partial charge in [0, 0.05) is 24.0 Å². The maximum atomic E-state index is 11.2. The van der Waals surface area contributed by atoms with E-state index in [4.69, 9.17) is 9.47 Å². The summed E-state index contributed by atoms with van der Waals surface area (Å²) in [6, 6.07) is 8.48.